The van der Waals surface area contributed by atoms with E-state index < -0.39 is 22.3 Å². The van der Waals surface area contributed by atoms with E-state index in [9.17, 15) is 19.7 Å². The number of nitro benzene ring substituents is 1. The van der Waals surface area contributed by atoms with Crippen LogP contribution in [0.25, 0.3) is 0 Å². The summed E-state index contributed by atoms with van der Waals surface area (Å²) in [4.78, 5) is 32.9. The maximum atomic E-state index is 12.0. The number of nitrogens with zero attached hydrogens (tertiary/aromatic N) is 1. The highest BCUT2D eigenvalue weighted by Crippen LogP contribution is 2.20. The first-order chi connectivity index (χ1) is 8.65. The Kier molecular flexibility index (Phi) is 4.45. The van der Waals surface area contributed by atoms with E-state index in [1.165, 1.54) is 26.0 Å². The third kappa shape index (κ3) is 3.63. The Hall–Kier alpha value is -1.71. The molecule has 0 saturated heterocycles. The van der Waals surface area contributed by atoms with E-state index in [1.807, 2.05) is 22.6 Å². The number of halogens is 1. The quantitative estimate of drug-likeness (QED) is 0.472. The normalized spacial score (nSPS) is 10.9. The highest BCUT2D eigenvalue weighted by atomic mass is 127. The molecular formula is C11H11IN2O5. The molecule has 1 aromatic carbocycles. The molecule has 0 radical (unpaired) electrons. The van der Waals surface area contributed by atoms with E-state index in [4.69, 9.17) is 5.11 Å². The second kappa shape index (κ2) is 5.51. The lowest BCUT2D eigenvalue weighted by molar-refractivity contribution is -0.384. The van der Waals surface area contributed by atoms with Gasteiger partial charge in [0.25, 0.3) is 11.6 Å². The Morgan fingerprint density at radius 1 is 1.42 bits per heavy atom. The van der Waals surface area contributed by atoms with Crippen molar-refractivity contribution >= 4 is 40.2 Å². The molecule has 0 atom stereocenters. The van der Waals surface area contributed by atoms with Crippen molar-refractivity contribution in [2.45, 2.75) is 19.4 Å². The number of aliphatic carboxylic acids is 1. The Labute approximate surface area is 122 Å². The number of nitro groups is 1. The van der Waals surface area contributed by atoms with Gasteiger partial charge >= 0.3 is 5.97 Å². The van der Waals surface area contributed by atoms with Gasteiger partial charge < -0.3 is 10.4 Å². The van der Waals surface area contributed by atoms with Gasteiger partial charge in [-0.25, -0.2) is 4.79 Å². The summed E-state index contributed by atoms with van der Waals surface area (Å²) in [6.45, 7) is 2.66. The number of amides is 1. The zero-order valence-electron chi connectivity index (χ0n) is 10.1. The second-order valence-corrected chi connectivity index (χ2v) is 5.47. The van der Waals surface area contributed by atoms with Gasteiger partial charge in [0.15, 0.2) is 0 Å². The number of carbonyl (C=O) groups is 2. The summed E-state index contributed by atoms with van der Waals surface area (Å²) in [6, 6.07) is 3.83. The van der Waals surface area contributed by atoms with Gasteiger partial charge in [-0.2, -0.15) is 0 Å². The summed E-state index contributed by atoms with van der Waals surface area (Å²) < 4.78 is 0.502. The summed E-state index contributed by atoms with van der Waals surface area (Å²) in [5.74, 6) is -1.86. The maximum absolute atomic E-state index is 12.0. The SMILES string of the molecule is CC(C)(NC(=O)c1cc([N+](=O)[O-])ccc1I)C(=O)O. The monoisotopic (exact) mass is 378 g/mol. The number of hydrogen-bond acceptors (Lipinski definition) is 4. The van der Waals surface area contributed by atoms with Gasteiger partial charge in [0.1, 0.15) is 5.54 Å². The molecule has 102 valence electrons. The van der Waals surface area contributed by atoms with Crippen LogP contribution in [0.2, 0.25) is 0 Å². The van der Waals surface area contributed by atoms with Crippen LogP contribution in [-0.2, 0) is 4.79 Å². The first kappa shape index (κ1) is 15.3. The molecule has 1 amide bonds. The Morgan fingerprint density at radius 3 is 2.47 bits per heavy atom. The molecule has 0 aromatic heterocycles. The summed E-state index contributed by atoms with van der Waals surface area (Å²) in [5, 5.41) is 21.9. The number of carboxylic acid groups (broad SMARTS) is 1. The van der Waals surface area contributed by atoms with E-state index >= 15 is 0 Å². The van der Waals surface area contributed by atoms with Crippen LogP contribution in [0.3, 0.4) is 0 Å². The predicted molar refractivity (Wildman–Crippen MR) is 75.0 cm³/mol. The third-order valence-electron chi connectivity index (χ3n) is 2.37. The largest absolute Gasteiger partial charge is 0.480 e. The molecule has 0 aliphatic carbocycles. The van der Waals surface area contributed by atoms with E-state index in [1.54, 1.807) is 0 Å². The topological polar surface area (TPSA) is 110 Å². The number of carboxylic acids is 1. The van der Waals surface area contributed by atoms with Gasteiger partial charge in [0, 0.05) is 15.7 Å². The van der Waals surface area contributed by atoms with Crippen LogP contribution in [-0.4, -0.2) is 27.4 Å². The van der Waals surface area contributed by atoms with Gasteiger partial charge in [-0.15, -0.1) is 0 Å². The molecule has 1 aromatic rings. The van der Waals surface area contributed by atoms with Crippen LogP contribution in [0.1, 0.15) is 24.2 Å². The number of rotatable bonds is 4. The fourth-order valence-corrected chi connectivity index (χ4v) is 1.79. The molecule has 0 aliphatic rings. The molecular weight excluding hydrogens is 367 g/mol. The molecule has 2 N–H and O–H groups in total. The average Bonchev–Trinajstić information content (AvgIpc) is 2.28. The number of nitrogens with one attached hydrogen (secondary N) is 1. The average molecular weight is 378 g/mol. The molecule has 0 aliphatic heterocycles. The molecule has 0 spiro atoms. The predicted octanol–water partition coefficient (Wildman–Crippen LogP) is 1.79. The number of carbonyl (C=O) groups excluding carboxylic acids is 1. The maximum Gasteiger partial charge on any atom is 0.328 e. The molecule has 0 unspecified atom stereocenters. The van der Waals surface area contributed by atoms with Crippen molar-refractivity contribution in [2.24, 2.45) is 0 Å². The molecule has 1 rings (SSSR count). The van der Waals surface area contributed by atoms with Crippen molar-refractivity contribution in [1.29, 1.82) is 0 Å². The summed E-state index contributed by atoms with van der Waals surface area (Å²) in [7, 11) is 0. The van der Waals surface area contributed by atoms with Crippen LogP contribution in [0, 0.1) is 13.7 Å². The van der Waals surface area contributed by atoms with Crippen molar-refractivity contribution in [3.63, 3.8) is 0 Å². The smallest absolute Gasteiger partial charge is 0.328 e. The van der Waals surface area contributed by atoms with Crippen molar-refractivity contribution in [3.05, 3.63) is 37.4 Å². The van der Waals surface area contributed by atoms with Crippen molar-refractivity contribution in [2.75, 3.05) is 0 Å². The van der Waals surface area contributed by atoms with Crippen molar-refractivity contribution in [1.82, 2.24) is 5.32 Å². The van der Waals surface area contributed by atoms with Gasteiger partial charge in [-0.3, -0.25) is 14.9 Å². The van der Waals surface area contributed by atoms with Crippen LogP contribution in [0.5, 0.6) is 0 Å². The van der Waals surface area contributed by atoms with Crippen molar-refractivity contribution in [3.8, 4) is 0 Å². The van der Waals surface area contributed by atoms with Gasteiger partial charge in [-0.1, -0.05) is 0 Å². The highest BCUT2D eigenvalue weighted by Gasteiger charge is 2.30. The minimum absolute atomic E-state index is 0.0733. The lowest BCUT2D eigenvalue weighted by Gasteiger charge is -2.21. The van der Waals surface area contributed by atoms with E-state index in [0.29, 0.717) is 3.57 Å². The van der Waals surface area contributed by atoms with Gasteiger partial charge in [0.2, 0.25) is 0 Å². The van der Waals surface area contributed by atoms with Crippen LogP contribution in [0.4, 0.5) is 5.69 Å². The minimum Gasteiger partial charge on any atom is -0.480 e. The fourth-order valence-electron chi connectivity index (χ4n) is 1.21. The standard InChI is InChI=1S/C11H11IN2O5/c1-11(2,10(16)17)13-9(15)7-5-6(14(18)19)3-4-8(7)12/h3-5H,1-2H3,(H,13,15)(H,16,17). The molecule has 8 heteroatoms. The minimum atomic E-state index is -1.45. The zero-order chi connectivity index (χ0) is 14.8. The van der Waals surface area contributed by atoms with Crippen LogP contribution >= 0.6 is 22.6 Å². The Morgan fingerprint density at radius 2 is 2.00 bits per heavy atom. The fraction of sp³-hybridized carbons (Fsp3) is 0.273. The van der Waals surface area contributed by atoms with E-state index in [2.05, 4.69) is 5.32 Å². The van der Waals surface area contributed by atoms with E-state index in [-0.39, 0.29) is 11.3 Å². The van der Waals surface area contributed by atoms with Crippen molar-refractivity contribution < 1.29 is 19.6 Å². The molecule has 0 fully saturated rings. The Balaban J connectivity index is 3.09. The second-order valence-electron chi connectivity index (χ2n) is 4.31. The molecule has 0 bridgehead atoms. The lowest BCUT2D eigenvalue weighted by Crippen LogP contribution is -2.49. The van der Waals surface area contributed by atoms with Crippen LogP contribution in [0.15, 0.2) is 18.2 Å². The van der Waals surface area contributed by atoms with Crippen LogP contribution < -0.4 is 5.32 Å². The molecule has 0 heterocycles. The lowest BCUT2D eigenvalue weighted by atomic mass is 10.1. The zero-order valence-corrected chi connectivity index (χ0v) is 12.3. The summed E-state index contributed by atoms with van der Waals surface area (Å²) >= 11 is 1.85. The molecule has 19 heavy (non-hydrogen) atoms. The third-order valence-corrected chi connectivity index (χ3v) is 3.31. The van der Waals surface area contributed by atoms with Gasteiger partial charge in [-0.05, 0) is 42.5 Å². The summed E-state index contributed by atoms with van der Waals surface area (Å²) in [5.41, 5.74) is -1.60. The Bertz CT molecular complexity index is 556. The first-order valence-electron chi connectivity index (χ1n) is 5.15. The number of hydrogen-bond donors (Lipinski definition) is 2. The first-order valence-corrected chi connectivity index (χ1v) is 6.23. The summed E-state index contributed by atoms with van der Waals surface area (Å²) in [6.07, 6.45) is 0. The molecule has 0 saturated carbocycles. The molecule has 7 nitrogen and oxygen atoms in total. The number of non-ortho nitro benzene ring substituents is 1. The van der Waals surface area contributed by atoms with Gasteiger partial charge in [0.05, 0.1) is 10.5 Å². The number of benzene rings is 1. The highest BCUT2D eigenvalue weighted by molar-refractivity contribution is 14.1. The van der Waals surface area contributed by atoms with E-state index in [0.717, 1.165) is 6.07 Å².